The van der Waals surface area contributed by atoms with E-state index in [4.69, 9.17) is 19.7 Å². The number of carbonyl (C=O) groups excluding carboxylic acids is 2. The molecule has 28 heavy (non-hydrogen) atoms. The molecule has 0 fully saturated rings. The fourth-order valence-corrected chi connectivity index (χ4v) is 2.44. The summed E-state index contributed by atoms with van der Waals surface area (Å²) in [4.78, 5) is 27.4. The molecule has 1 heterocycles. The van der Waals surface area contributed by atoms with E-state index in [2.05, 4.69) is 17.1 Å². The Balaban J connectivity index is 1.52. The molecule has 3 aromatic rings. The van der Waals surface area contributed by atoms with Crippen LogP contribution in [0.1, 0.15) is 28.7 Å². The van der Waals surface area contributed by atoms with E-state index in [0.717, 1.165) is 12.0 Å². The molecule has 0 bridgehead atoms. The average molecular weight is 381 g/mol. The number of nitrogens with two attached hydrogens (primary N) is 1. The molecule has 3 rings (SSSR count). The molecule has 2 N–H and O–H groups in total. The van der Waals surface area contributed by atoms with Crippen LogP contribution >= 0.6 is 0 Å². The lowest BCUT2D eigenvalue weighted by molar-refractivity contribution is -0.148. The third-order valence-electron chi connectivity index (χ3n) is 3.94. The number of benzene rings is 2. The smallest absolute Gasteiger partial charge is 0.344 e. The highest BCUT2D eigenvalue weighted by atomic mass is 16.6. The van der Waals surface area contributed by atoms with E-state index in [0.29, 0.717) is 5.82 Å². The van der Waals surface area contributed by atoms with Crippen LogP contribution in [0.4, 0.5) is 0 Å². The number of carbonyl (C=O) groups is 2. The van der Waals surface area contributed by atoms with Crippen LogP contribution in [0.2, 0.25) is 0 Å². The monoisotopic (exact) mass is 381 g/mol. The number of nitrogens with zero attached hydrogens (tertiary/aromatic N) is 2. The van der Waals surface area contributed by atoms with Crippen LogP contribution in [0.3, 0.4) is 0 Å². The molecular weight excluding hydrogens is 362 g/mol. The van der Waals surface area contributed by atoms with Gasteiger partial charge in [0.05, 0.1) is 5.56 Å². The second-order valence-electron chi connectivity index (χ2n) is 5.87. The van der Waals surface area contributed by atoms with Crippen molar-refractivity contribution in [1.82, 2.24) is 10.1 Å². The number of esters is 1. The maximum Gasteiger partial charge on any atom is 0.344 e. The van der Waals surface area contributed by atoms with Gasteiger partial charge in [-0.15, -0.1) is 0 Å². The minimum atomic E-state index is -0.647. The lowest BCUT2D eigenvalue weighted by atomic mass is 10.1. The predicted molar refractivity (Wildman–Crippen MR) is 99.4 cm³/mol. The summed E-state index contributed by atoms with van der Waals surface area (Å²) in [6.45, 7) is 1.51. The zero-order chi connectivity index (χ0) is 19.9. The summed E-state index contributed by atoms with van der Waals surface area (Å²) in [5.74, 6) is -0.496. The Bertz CT molecular complexity index is 966. The molecule has 2 aromatic carbocycles. The molecule has 8 nitrogen and oxygen atoms in total. The second kappa shape index (κ2) is 8.81. The van der Waals surface area contributed by atoms with Gasteiger partial charge >= 0.3 is 5.97 Å². The van der Waals surface area contributed by atoms with Crippen molar-refractivity contribution in [3.8, 4) is 17.1 Å². The van der Waals surface area contributed by atoms with Crippen molar-refractivity contribution in [2.45, 2.75) is 20.0 Å². The summed E-state index contributed by atoms with van der Waals surface area (Å²) in [6, 6.07) is 14.2. The van der Waals surface area contributed by atoms with Gasteiger partial charge in [-0.2, -0.15) is 4.98 Å². The van der Waals surface area contributed by atoms with Crippen molar-refractivity contribution >= 4 is 11.9 Å². The first-order valence-corrected chi connectivity index (χ1v) is 8.66. The molecule has 0 aliphatic carbocycles. The van der Waals surface area contributed by atoms with Crippen molar-refractivity contribution in [2.75, 3.05) is 6.61 Å². The molecule has 0 radical (unpaired) electrons. The first-order valence-electron chi connectivity index (χ1n) is 8.66. The van der Waals surface area contributed by atoms with Gasteiger partial charge in [0.2, 0.25) is 5.82 Å². The lowest BCUT2D eigenvalue weighted by Crippen LogP contribution is -2.18. The van der Waals surface area contributed by atoms with Crippen LogP contribution in [0.15, 0.2) is 53.1 Å². The minimum absolute atomic E-state index is 0.167. The lowest BCUT2D eigenvalue weighted by Gasteiger charge is -2.08. The number of rotatable bonds is 8. The summed E-state index contributed by atoms with van der Waals surface area (Å²) in [5.41, 5.74) is 7.46. The molecule has 0 atom stereocenters. The van der Waals surface area contributed by atoms with Crippen molar-refractivity contribution in [1.29, 1.82) is 0 Å². The predicted octanol–water partition coefficient (Wildman–Crippen LogP) is 2.52. The normalized spacial score (nSPS) is 10.5. The zero-order valence-electron chi connectivity index (χ0n) is 15.3. The Morgan fingerprint density at radius 1 is 1.11 bits per heavy atom. The number of amides is 1. The van der Waals surface area contributed by atoms with Crippen LogP contribution in [-0.4, -0.2) is 28.6 Å². The maximum absolute atomic E-state index is 11.9. The maximum atomic E-state index is 11.9. The molecule has 144 valence electrons. The Hall–Kier alpha value is -3.68. The third kappa shape index (κ3) is 4.73. The van der Waals surface area contributed by atoms with Crippen LogP contribution in [-0.2, 0) is 22.6 Å². The second-order valence-corrected chi connectivity index (χ2v) is 5.87. The van der Waals surface area contributed by atoms with E-state index in [9.17, 15) is 9.59 Å². The van der Waals surface area contributed by atoms with Crippen LogP contribution in [0.25, 0.3) is 11.4 Å². The Kier molecular flexibility index (Phi) is 6.01. The van der Waals surface area contributed by atoms with Gasteiger partial charge in [0.15, 0.2) is 13.2 Å². The standard InChI is InChI=1S/C20H19N3O5/c1-2-13-7-9-14(10-8-13)20-22-17(28-23-20)11-27-18(24)12-26-16-6-4-3-5-15(16)19(21)25/h3-10H,2,11-12H2,1H3,(H2,21,25). The first kappa shape index (κ1) is 19.1. The number of hydrogen-bond acceptors (Lipinski definition) is 7. The fourth-order valence-electron chi connectivity index (χ4n) is 2.44. The van der Waals surface area contributed by atoms with E-state index < -0.39 is 11.9 Å². The van der Waals surface area contributed by atoms with E-state index in [1.807, 2.05) is 24.3 Å². The van der Waals surface area contributed by atoms with Gasteiger partial charge in [-0.25, -0.2) is 4.79 Å². The van der Waals surface area contributed by atoms with E-state index in [1.54, 1.807) is 18.2 Å². The van der Waals surface area contributed by atoms with Gasteiger partial charge in [-0.1, -0.05) is 48.5 Å². The molecule has 0 saturated carbocycles. The Labute approximate surface area is 161 Å². The largest absolute Gasteiger partial charge is 0.481 e. The summed E-state index contributed by atoms with van der Waals surface area (Å²) in [7, 11) is 0. The van der Waals surface area contributed by atoms with Gasteiger partial charge in [0, 0.05) is 5.56 Å². The molecule has 1 aromatic heterocycles. The van der Waals surface area contributed by atoms with Gasteiger partial charge in [0.1, 0.15) is 5.75 Å². The van der Waals surface area contributed by atoms with Crippen LogP contribution in [0.5, 0.6) is 5.75 Å². The summed E-state index contributed by atoms with van der Waals surface area (Å²) in [5, 5.41) is 3.88. The molecule has 0 aliphatic heterocycles. The average Bonchev–Trinajstić information content (AvgIpc) is 3.20. The molecule has 8 heteroatoms. The molecule has 0 spiro atoms. The molecule has 0 saturated heterocycles. The van der Waals surface area contributed by atoms with E-state index >= 15 is 0 Å². The summed E-state index contributed by atoms with van der Waals surface area (Å²) in [6.07, 6.45) is 0.944. The van der Waals surface area contributed by atoms with E-state index in [1.165, 1.54) is 11.6 Å². The number of aromatic nitrogens is 2. The number of para-hydroxylation sites is 1. The highest BCUT2D eigenvalue weighted by Crippen LogP contribution is 2.18. The number of primary amides is 1. The van der Waals surface area contributed by atoms with Gasteiger partial charge < -0.3 is 19.7 Å². The van der Waals surface area contributed by atoms with E-state index in [-0.39, 0.29) is 30.4 Å². The van der Waals surface area contributed by atoms with Crippen molar-refractivity contribution < 1.29 is 23.6 Å². The highest BCUT2D eigenvalue weighted by molar-refractivity contribution is 5.95. The Morgan fingerprint density at radius 3 is 2.57 bits per heavy atom. The van der Waals surface area contributed by atoms with Gasteiger partial charge in [-0.3, -0.25) is 4.79 Å². The first-order chi connectivity index (χ1) is 13.6. The summed E-state index contributed by atoms with van der Waals surface area (Å²) < 4.78 is 15.5. The van der Waals surface area contributed by atoms with Crippen molar-refractivity contribution in [3.63, 3.8) is 0 Å². The minimum Gasteiger partial charge on any atom is -0.481 e. The molecule has 0 aliphatic rings. The molecule has 0 unspecified atom stereocenters. The van der Waals surface area contributed by atoms with Crippen LogP contribution < -0.4 is 10.5 Å². The Morgan fingerprint density at radius 2 is 1.86 bits per heavy atom. The van der Waals surface area contributed by atoms with Crippen molar-refractivity contribution in [2.24, 2.45) is 5.73 Å². The topological polar surface area (TPSA) is 118 Å². The number of ether oxygens (including phenoxy) is 2. The SMILES string of the molecule is CCc1ccc(-c2noc(COC(=O)COc3ccccc3C(N)=O)n2)cc1. The van der Waals surface area contributed by atoms with Gasteiger partial charge in [-0.05, 0) is 24.1 Å². The third-order valence-corrected chi connectivity index (χ3v) is 3.94. The molecular formula is C20H19N3O5. The molecule has 1 amide bonds. The summed E-state index contributed by atoms with van der Waals surface area (Å²) >= 11 is 0. The number of hydrogen-bond donors (Lipinski definition) is 1. The zero-order valence-corrected chi connectivity index (χ0v) is 15.3. The van der Waals surface area contributed by atoms with Crippen LogP contribution in [0, 0.1) is 0 Å². The quantitative estimate of drug-likeness (QED) is 0.596. The number of aryl methyl sites for hydroxylation is 1. The van der Waals surface area contributed by atoms with Gasteiger partial charge in [0.25, 0.3) is 11.8 Å². The fraction of sp³-hybridized carbons (Fsp3) is 0.200. The van der Waals surface area contributed by atoms with Crippen molar-refractivity contribution in [3.05, 3.63) is 65.5 Å². The highest BCUT2D eigenvalue weighted by Gasteiger charge is 2.13.